The summed E-state index contributed by atoms with van der Waals surface area (Å²) in [6.45, 7) is 4.41. The Hall–Kier alpha value is -2.59. The standard InChI is InChI=1S/C27H30F6O4/c1-15-6-4-5-7-22(15)25-23(13-34)18(14-36-17(3)35)8-9-24(25)37-16(2)19-10-20(26(28,29)30)12-21(11-19)27(31,32)33/h4-7,10-12,16,18,23-25,34H,8-9,13-14H2,1-3H3/t16-,18-,23-,24+,25+/m1/s1. The summed E-state index contributed by atoms with van der Waals surface area (Å²) < 4.78 is 91.7. The third-order valence-electron chi connectivity index (χ3n) is 7.01. The molecular weight excluding hydrogens is 502 g/mol. The molecule has 204 valence electrons. The lowest BCUT2D eigenvalue weighted by Gasteiger charge is -2.43. The van der Waals surface area contributed by atoms with Gasteiger partial charge in [-0.2, -0.15) is 26.3 Å². The van der Waals surface area contributed by atoms with Crippen molar-refractivity contribution in [3.8, 4) is 0 Å². The molecule has 0 aromatic heterocycles. The average molecular weight is 533 g/mol. The Morgan fingerprint density at radius 2 is 1.62 bits per heavy atom. The number of rotatable bonds is 7. The minimum Gasteiger partial charge on any atom is -0.466 e. The van der Waals surface area contributed by atoms with Crippen molar-refractivity contribution in [2.45, 2.75) is 64.1 Å². The SMILES string of the molecule is CC(=O)OC[C@H]1CC[C@H](O[C@H](C)c2cc(C(F)(F)F)cc(C(F)(F)F)c2)[C@@H](c2ccccc2C)[C@@H]1CO. The number of carbonyl (C=O) groups is 1. The van der Waals surface area contributed by atoms with Gasteiger partial charge in [-0.3, -0.25) is 4.79 Å². The molecule has 0 bridgehead atoms. The average Bonchev–Trinajstić information content (AvgIpc) is 2.81. The highest BCUT2D eigenvalue weighted by atomic mass is 19.4. The predicted octanol–water partition coefficient (Wildman–Crippen LogP) is 6.84. The normalized spacial score (nSPS) is 23.5. The van der Waals surface area contributed by atoms with Crippen LogP contribution in [-0.4, -0.2) is 30.4 Å². The van der Waals surface area contributed by atoms with Crippen LogP contribution < -0.4 is 0 Å². The maximum absolute atomic E-state index is 13.4. The number of carbonyl (C=O) groups excluding carboxylic acids is 1. The number of halogens is 6. The van der Waals surface area contributed by atoms with Gasteiger partial charge in [-0.25, -0.2) is 0 Å². The Balaban J connectivity index is 1.98. The maximum Gasteiger partial charge on any atom is 0.416 e. The molecule has 0 aliphatic heterocycles. The first-order valence-corrected chi connectivity index (χ1v) is 12.0. The molecule has 3 rings (SSSR count). The van der Waals surface area contributed by atoms with Crippen LogP contribution >= 0.6 is 0 Å². The van der Waals surface area contributed by atoms with Crippen LogP contribution in [-0.2, 0) is 26.6 Å². The van der Waals surface area contributed by atoms with E-state index in [1.54, 1.807) is 0 Å². The zero-order valence-electron chi connectivity index (χ0n) is 20.7. The summed E-state index contributed by atoms with van der Waals surface area (Å²) in [5, 5.41) is 10.3. The molecule has 1 aliphatic rings. The van der Waals surface area contributed by atoms with Gasteiger partial charge < -0.3 is 14.6 Å². The summed E-state index contributed by atoms with van der Waals surface area (Å²) in [4.78, 5) is 11.4. The molecule has 4 nitrogen and oxygen atoms in total. The van der Waals surface area contributed by atoms with E-state index in [-0.39, 0.29) is 30.8 Å². The number of hydrogen-bond acceptors (Lipinski definition) is 4. The van der Waals surface area contributed by atoms with Crippen molar-refractivity contribution in [3.05, 3.63) is 70.3 Å². The summed E-state index contributed by atoms with van der Waals surface area (Å²) in [5.41, 5.74) is -1.29. The highest BCUT2D eigenvalue weighted by molar-refractivity contribution is 5.65. The van der Waals surface area contributed by atoms with Crippen molar-refractivity contribution in [3.63, 3.8) is 0 Å². The van der Waals surface area contributed by atoms with Crippen LogP contribution in [0.5, 0.6) is 0 Å². The van der Waals surface area contributed by atoms with Crippen LogP contribution in [0.25, 0.3) is 0 Å². The second-order valence-corrected chi connectivity index (χ2v) is 9.52. The first kappa shape index (κ1) is 29.0. The van der Waals surface area contributed by atoms with Gasteiger partial charge in [0.2, 0.25) is 0 Å². The van der Waals surface area contributed by atoms with E-state index < -0.39 is 53.5 Å². The topological polar surface area (TPSA) is 55.8 Å². The van der Waals surface area contributed by atoms with Crippen molar-refractivity contribution in [2.75, 3.05) is 13.2 Å². The van der Waals surface area contributed by atoms with E-state index in [0.29, 0.717) is 25.0 Å². The highest BCUT2D eigenvalue weighted by Crippen LogP contribution is 2.46. The molecule has 2 aromatic carbocycles. The minimum absolute atomic E-state index is 0.0911. The van der Waals surface area contributed by atoms with Gasteiger partial charge in [-0.15, -0.1) is 0 Å². The zero-order chi connectivity index (χ0) is 27.5. The van der Waals surface area contributed by atoms with Crippen LogP contribution in [0.4, 0.5) is 26.3 Å². The van der Waals surface area contributed by atoms with Crippen molar-refractivity contribution >= 4 is 5.97 Å². The van der Waals surface area contributed by atoms with Crippen LogP contribution in [0.3, 0.4) is 0 Å². The molecule has 1 saturated carbocycles. The van der Waals surface area contributed by atoms with Gasteiger partial charge in [0.15, 0.2) is 0 Å². The smallest absolute Gasteiger partial charge is 0.416 e. The van der Waals surface area contributed by atoms with Gasteiger partial charge in [0.25, 0.3) is 0 Å². The number of benzene rings is 2. The lowest BCUT2D eigenvalue weighted by atomic mass is 9.67. The quantitative estimate of drug-likeness (QED) is 0.313. The van der Waals surface area contributed by atoms with Gasteiger partial charge in [0.05, 0.1) is 29.9 Å². The number of aliphatic hydroxyl groups is 1. The van der Waals surface area contributed by atoms with Crippen molar-refractivity contribution < 1.29 is 45.7 Å². The summed E-state index contributed by atoms with van der Waals surface area (Å²) in [7, 11) is 0. The van der Waals surface area contributed by atoms with E-state index in [2.05, 4.69) is 0 Å². The van der Waals surface area contributed by atoms with Crippen LogP contribution in [0.15, 0.2) is 42.5 Å². The van der Waals surface area contributed by atoms with Gasteiger partial charge in [0, 0.05) is 19.4 Å². The van der Waals surface area contributed by atoms with Gasteiger partial charge in [-0.1, -0.05) is 24.3 Å². The second-order valence-electron chi connectivity index (χ2n) is 9.52. The van der Waals surface area contributed by atoms with Crippen molar-refractivity contribution in [2.24, 2.45) is 11.8 Å². The molecule has 5 atom stereocenters. The Bertz CT molecular complexity index is 1050. The molecular formula is C27H30F6O4. The molecule has 0 heterocycles. The number of hydrogen-bond donors (Lipinski definition) is 1. The zero-order valence-corrected chi connectivity index (χ0v) is 20.7. The summed E-state index contributed by atoms with van der Waals surface area (Å²) in [6, 6.07) is 8.85. The number of esters is 1. The first-order valence-electron chi connectivity index (χ1n) is 12.0. The highest BCUT2D eigenvalue weighted by Gasteiger charge is 2.43. The van der Waals surface area contributed by atoms with Crippen molar-refractivity contribution in [1.82, 2.24) is 0 Å². The molecule has 37 heavy (non-hydrogen) atoms. The molecule has 2 aromatic rings. The fourth-order valence-electron chi connectivity index (χ4n) is 5.13. The van der Waals surface area contributed by atoms with Gasteiger partial charge in [0.1, 0.15) is 0 Å². The summed E-state index contributed by atoms with van der Waals surface area (Å²) in [5.74, 6) is -1.48. The fraction of sp³-hybridized carbons (Fsp3) is 0.519. The van der Waals surface area contributed by atoms with Gasteiger partial charge in [-0.05, 0) is 73.4 Å². The monoisotopic (exact) mass is 532 g/mol. The van der Waals surface area contributed by atoms with Gasteiger partial charge >= 0.3 is 18.3 Å². The molecule has 1 fully saturated rings. The summed E-state index contributed by atoms with van der Waals surface area (Å²) >= 11 is 0. The number of aryl methyl sites for hydroxylation is 1. The lowest BCUT2D eigenvalue weighted by molar-refractivity contribution is -0.145. The Morgan fingerprint density at radius 3 is 2.14 bits per heavy atom. The molecule has 0 spiro atoms. The Kier molecular flexibility index (Phi) is 8.95. The third-order valence-corrected chi connectivity index (χ3v) is 7.01. The van der Waals surface area contributed by atoms with E-state index in [0.717, 1.165) is 11.1 Å². The maximum atomic E-state index is 13.4. The molecule has 0 unspecified atom stereocenters. The molecule has 0 saturated heterocycles. The first-order chi connectivity index (χ1) is 17.2. The van der Waals surface area contributed by atoms with E-state index in [1.807, 2.05) is 31.2 Å². The fourth-order valence-corrected chi connectivity index (χ4v) is 5.13. The lowest BCUT2D eigenvalue weighted by Crippen LogP contribution is -2.42. The molecule has 0 amide bonds. The van der Waals surface area contributed by atoms with Crippen LogP contribution in [0.1, 0.15) is 66.5 Å². The second kappa shape index (κ2) is 11.4. The number of ether oxygens (including phenoxy) is 2. The summed E-state index contributed by atoms with van der Waals surface area (Å²) in [6.07, 6.45) is -10.7. The van der Waals surface area contributed by atoms with E-state index >= 15 is 0 Å². The van der Waals surface area contributed by atoms with Crippen LogP contribution in [0, 0.1) is 18.8 Å². The molecule has 10 heteroatoms. The molecule has 1 N–H and O–H groups in total. The van der Waals surface area contributed by atoms with Crippen molar-refractivity contribution in [1.29, 1.82) is 0 Å². The Labute approximate surface area is 211 Å². The largest absolute Gasteiger partial charge is 0.466 e. The number of aliphatic hydroxyl groups excluding tert-OH is 1. The van der Waals surface area contributed by atoms with E-state index in [4.69, 9.17) is 9.47 Å². The van der Waals surface area contributed by atoms with Crippen LogP contribution in [0.2, 0.25) is 0 Å². The third kappa shape index (κ3) is 7.04. The Morgan fingerprint density at radius 1 is 1.03 bits per heavy atom. The molecule has 0 radical (unpaired) electrons. The minimum atomic E-state index is -4.96. The number of alkyl halides is 6. The van der Waals surface area contributed by atoms with E-state index in [1.165, 1.54) is 13.8 Å². The van der Waals surface area contributed by atoms with E-state index in [9.17, 15) is 36.2 Å². The predicted molar refractivity (Wildman–Crippen MR) is 124 cm³/mol. The molecule has 1 aliphatic carbocycles.